The van der Waals surface area contributed by atoms with E-state index in [2.05, 4.69) is 16.0 Å². The van der Waals surface area contributed by atoms with Gasteiger partial charge in [-0.1, -0.05) is 49.9 Å². The first-order valence-corrected chi connectivity index (χ1v) is 12.1. The molecule has 2 aliphatic carbocycles. The van der Waals surface area contributed by atoms with Gasteiger partial charge in [-0.15, -0.1) is 0 Å². The maximum atomic E-state index is 12.8. The Morgan fingerprint density at radius 1 is 1.00 bits per heavy atom. The number of hydrogen-bond donors (Lipinski definition) is 1. The summed E-state index contributed by atoms with van der Waals surface area (Å²) in [5.74, 6) is 0.632. The molecule has 6 heteroatoms. The molecular weight excluding hydrogens is 414 g/mol. The molecule has 0 aliphatic heterocycles. The summed E-state index contributed by atoms with van der Waals surface area (Å²) in [6.45, 7) is 0. The van der Waals surface area contributed by atoms with Crippen LogP contribution in [0.25, 0.3) is 22.4 Å². The van der Waals surface area contributed by atoms with E-state index in [1.165, 1.54) is 32.8 Å². The molecule has 0 bridgehead atoms. The minimum absolute atomic E-state index is 0.0776. The fourth-order valence-electron chi connectivity index (χ4n) is 5.45. The highest BCUT2D eigenvalue weighted by atomic mass is 16.5. The molecule has 2 aliphatic rings. The Hall–Kier alpha value is -3.15. The molecule has 2 aromatic carbocycles. The van der Waals surface area contributed by atoms with Crippen molar-refractivity contribution in [3.63, 3.8) is 0 Å². The number of benzene rings is 2. The number of hydrogen-bond acceptors (Lipinski definition) is 4. The van der Waals surface area contributed by atoms with Crippen molar-refractivity contribution in [2.24, 2.45) is 0 Å². The van der Waals surface area contributed by atoms with Crippen LogP contribution in [0.5, 0.6) is 0 Å². The molecule has 172 valence electrons. The third-order valence-corrected chi connectivity index (χ3v) is 7.13. The number of aromatic nitrogens is 2. The Kier molecular flexibility index (Phi) is 6.16. The van der Waals surface area contributed by atoms with E-state index in [1.807, 2.05) is 24.3 Å². The van der Waals surface area contributed by atoms with Gasteiger partial charge in [-0.2, -0.15) is 0 Å². The van der Waals surface area contributed by atoms with Crippen LogP contribution >= 0.6 is 0 Å². The van der Waals surface area contributed by atoms with Crippen molar-refractivity contribution in [2.45, 2.75) is 69.9 Å². The third kappa shape index (κ3) is 4.39. The molecule has 1 heterocycles. The average molecular weight is 446 g/mol. The molecule has 2 saturated carbocycles. The highest BCUT2D eigenvalue weighted by Gasteiger charge is 2.25. The van der Waals surface area contributed by atoms with Crippen LogP contribution in [-0.4, -0.2) is 34.6 Å². The van der Waals surface area contributed by atoms with E-state index in [0.29, 0.717) is 24.1 Å². The number of amides is 1. The van der Waals surface area contributed by atoms with Crippen molar-refractivity contribution in [1.82, 2.24) is 14.9 Å². The minimum Gasteiger partial charge on any atom is -0.465 e. The van der Waals surface area contributed by atoms with Crippen molar-refractivity contribution in [2.75, 3.05) is 7.11 Å². The Bertz CT molecular complexity index is 1150. The first kappa shape index (κ1) is 21.7. The average Bonchev–Trinajstić information content (AvgIpc) is 3.59. The molecule has 0 atom stereocenters. The molecule has 0 spiro atoms. The van der Waals surface area contributed by atoms with Crippen molar-refractivity contribution < 1.29 is 14.3 Å². The molecule has 33 heavy (non-hydrogen) atoms. The maximum Gasteiger partial charge on any atom is 0.337 e. The lowest BCUT2D eigenvalue weighted by Gasteiger charge is -2.17. The fraction of sp³-hybridized carbons (Fsp3) is 0.444. The Morgan fingerprint density at radius 2 is 1.70 bits per heavy atom. The lowest BCUT2D eigenvalue weighted by Crippen LogP contribution is -2.33. The van der Waals surface area contributed by atoms with Gasteiger partial charge in [0.15, 0.2) is 0 Å². The van der Waals surface area contributed by atoms with Crippen LogP contribution in [0.4, 0.5) is 0 Å². The van der Waals surface area contributed by atoms with Gasteiger partial charge in [0, 0.05) is 17.6 Å². The second kappa shape index (κ2) is 9.38. The van der Waals surface area contributed by atoms with E-state index in [1.54, 1.807) is 12.1 Å². The minimum atomic E-state index is -0.346. The van der Waals surface area contributed by atoms with Crippen LogP contribution in [-0.2, 0) is 16.0 Å². The molecule has 0 radical (unpaired) electrons. The molecule has 6 nitrogen and oxygen atoms in total. The highest BCUT2D eigenvalue weighted by molar-refractivity contribution is 5.91. The van der Waals surface area contributed by atoms with Crippen LogP contribution in [0, 0.1) is 0 Å². The summed E-state index contributed by atoms with van der Waals surface area (Å²) in [5, 5.41) is 3.21. The lowest BCUT2D eigenvalue weighted by atomic mass is 10.1. The predicted molar refractivity (Wildman–Crippen MR) is 128 cm³/mol. The van der Waals surface area contributed by atoms with Gasteiger partial charge >= 0.3 is 5.97 Å². The molecule has 3 aromatic rings. The molecule has 0 saturated heterocycles. The van der Waals surface area contributed by atoms with Gasteiger partial charge in [-0.05, 0) is 49.4 Å². The fourth-order valence-corrected chi connectivity index (χ4v) is 5.45. The van der Waals surface area contributed by atoms with Gasteiger partial charge in [-0.3, -0.25) is 4.79 Å². The van der Waals surface area contributed by atoms with Crippen LogP contribution < -0.4 is 5.32 Å². The van der Waals surface area contributed by atoms with Crippen molar-refractivity contribution in [1.29, 1.82) is 0 Å². The zero-order chi connectivity index (χ0) is 22.8. The van der Waals surface area contributed by atoms with E-state index in [-0.39, 0.29) is 11.9 Å². The molecule has 5 rings (SSSR count). The summed E-state index contributed by atoms with van der Waals surface area (Å²) in [6.07, 6.45) is 9.60. The van der Waals surface area contributed by atoms with E-state index in [4.69, 9.17) is 9.72 Å². The van der Waals surface area contributed by atoms with Crippen molar-refractivity contribution in [3.8, 4) is 11.4 Å². The Balaban J connectivity index is 1.52. The van der Waals surface area contributed by atoms with Gasteiger partial charge in [0.25, 0.3) is 0 Å². The molecule has 1 amide bonds. The number of carbonyl (C=O) groups excluding carboxylic acids is 2. The second-order valence-electron chi connectivity index (χ2n) is 9.32. The highest BCUT2D eigenvalue weighted by Crippen LogP contribution is 2.37. The molecule has 0 unspecified atom stereocenters. The number of ether oxygens (including phenoxy) is 1. The van der Waals surface area contributed by atoms with Crippen molar-refractivity contribution >= 4 is 22.9 Å². The van der Waals surface area contributed by atoms with E-state index in [0.717, 1.165) is 53.7 Å². The smallest absolute Gasteiger partial charge is 0.337 e. The number of carbonyl (C=O) groups is 2. The predicted octanol–water partition coefficient (Wildman–Crippen LogP) is 5.21. The standard InChI is InChI=1S/C27H31N3O3/c1-33-27(32)19-15-13-18(14-16-19)26-29-25-20(17-24(31)28-21-8-2-3-9-21)7-6-12-23(25)30(26)22-10-4-5-11-22/h6-7,12-16,21-22H,2-5,8-11,17H2,1H3,(H,28,31). The first-order valence-electron chi connectivity index (χ1n) is 12.1. The number of para-hydroxylation sites is 1. The zero-order valence-electron chi connectivity index (χ0n) is 19.2. The number of fused-ring (bicyclic) bond motifs is 1. The normalized spacial score (nSPS) is 17.0. The Morgan fingerprint density at radius 3 is 2.39 bits per heavy atom. The van der Waals surface area contributed by atoms with Crippen LogP contribution in [0.3, 0.4) is 0 Å². The number of rotatable bonds is 6. The summed E-state index contributed by atoms with van der Waals surface area (Å²) in [5.41, 5.74) is 4.44. The summed E-state index contributed by atoms with van der Waals surface area (Å²) in [4.78, 5) is 29.7. The van der Waals surface area contributed by atoms with E-state index < -0.39 is 0 Å². The largest absolute Gasteiger partial charge is 0.465 e. The zero-order valence-corrected chi connectivity index (χ0v) is 19.2. The van der Waals surface area contributed by atoms with Crippen LogP contribution in [0.2, 0.25) is 0 Å². The Labute approximate surface area is 194 Å². The van der Waals surface area contributed by atoms with Gasteiger partial charge in [0.1, 0.15) is 5.82 Å². The van der Waals surface area contributed by atoms with Gasteiger partial charge in [0.2, 0.25) is 5.91 Å². The monoisotopic (exact) mass is 445 g/mol. The second-order valence-corrected chi connectivity index (χ2v) is 9.32. The maximum absolute atomic E-state index is 12.8. The number of methoxy groups -OCH3 is 1. The van der Waals surface area contributed by atoms with Crippen molar-refractivity contribution in [3.05, 3.63) is 53.6 Å². The SMILES string of the molecule is COC(=O)c1ccc(-c2nc3c(CC(=O)NC4CCCC4)cccc3n2C2CCCC2)cc1. The number of esters is 1. The number of nitrogens with zero attached hydrogens (tertiary/aromatic N) is 2. The van der Waals surface area contributed by atoms with Gasteiger partial charge < -0.3 is 14.6 Å². The lowest BCUT2D eigenvalue weighted by molar-refractivity contribution is -0.121. The van der Waals surface area contributed by atoms with Gasteiger partial charge in [0.05, 0.1) is 30.1 Å². The van der Waals surface area contributed by atoms with Crippen LogP contribution in [0.1, 0.15) is 73.3 Å². The summed E-state index contributed by atoms with van der Waals surface area (Å²) in [6, 6.07) is 14.3. The van der Waals surface area contributed by atoms with Gasteiger partial charge in [-0.25, -0.2) is 9.78 Å². The van der Waals surface area contributed by atoms with E-state index >= 15 is 0 Å². The summed E-state index contributed by atoms with van der Waals surface area (Å²) in [7, 11) is 1.39. The quantitative estimate of drug-likeness (QED) is 0.529. The molecule has 1 aromatic heterocycles. The summed E-state index contributed by atoms with van der Waals surface area (Å²) < 4.78 is 7.19. The molecular formula is C27H31N3O3. The molecule has 1 N–H and O–H groups in total. The first-order chi connectivity index (χ1) is 16.1. The number of nitrogens with one attached hydrogen (secondary N) is 1. The topological polar surface area (TPSA) is 73.2 Å². The summed E-state index contributed by atoms with van der Waals surface area (Å²) >= 11 is 0. The van der Waals surface area contributed by atoms with E-state index in [9.17, 15) is 9.59 Å². The van der Waals surface area contributed by atoms with Crippen LogP contribution in [0.15, 0.2) is 42.5 Å². The molecule has 2 fully saturated rings. The third-order valence-electron chi connectivity index (χ3n) is 7.13. The number of imidazole rings is 1.